The van der Waals surface area contributed by atoms with Crippen molar-refractivity contribution < 1.29 is 13.6 Å². The summed E-state index contributed by atoms with van der Waals surface area (Å²) in [4.78, 5) is 0. The van der Waals surface area contributed by atoms with Gasteiger partial charge in [-0.25, -0.2) is 0 Å². The molecule has 290 valence electrons. The van der Waals surface area contributed by atoms with Gasteiger partial charge in [0.2, 0.25) is 0 Å². The van der Waals surface area contributed by atoms with Crippen molar-refractivity contribution in [2.45, 2.75) is 196 Å². The van der Waals surface area contributed by atoms with Crippen molar-refractivity contribution in [2.75, 3.05) is 0 Å². The molecule has 52 heavy (non-hydrogen) atoms. The van der Waals surface area contributed by atoms with Gasteiger partial charge in [-0.2, -0.15) is 0 Å². The smallest absolute Gasteiger partial charge is 0.408 e. The molecular formula is C48H75O3P. The summed E-state index contributed by atoms with van der Waals surface area (Å²) in [5.74, 6) is 2.61. The van der Waals surface area contributed by atoms with Crippen LogP contribution in [0.5, 0.6) is 17.2 Å². The fraction of sp³-hybridized carbons (Fsp3) is 0.625. The second-order valence-electron chi connectivity index (χ2n) is 14.9. The van der Waals surface area contributed by atoms with Crippen LogP contribution in [0.2, 0.25) is 0 Å². The Labute approximate surface area is 322 Å². The van der Waals surface area contributed by atoms with Crippen LogP contribution >= 0.6 is 8.60 Å². The molecule has 3 nitrogen and oxygen atoms in total. The van der Waals surface area contributed by atoms with Gasteiger partial charge in [0.25, 0.3) is 0 Å². The van der Waals surface area contributed by atoms with Crippen molar-refractivity contribution in [3.05, 3.63) is 88.0 Å². The normalized spacial score (nSPS) is 11.4. The summed E-state index contributed by atoms with van der Waals surface area (Å²) in [6, 6.07) is 20.2. The summed E-state index contributed by atoms with van der Waals surface area (Å²) in [6.45, 7) is 13.5. The predicted octanol–water partition coefficient (Wildman–Crippen LogP) is 15.8. The molecule has 3 aromatic carbocycles. The van der Waals surface area contributed by atoms with Gasteiger partial charge in [-0.1, -0.05) is 174 Å². The minimum atomic E-state index is -1.74. The highest BCUT2D eigenvalue weighted by atomic mass is 31.2. The van der Waals surface area contributed by atoms with E-state index in [0.29, 0.717) is 0 Å². The molecule has 0 atom stereocenters. The lowest BCUT2D eigenvalue weighted by Crippen LogP contribution is -2.07. The van der Waals surface area contributed by atoms with E-state index < -0.39 is 8.60 Å². The van der Waals surface area contributed by atoms with Crippen molar-refractivity contribution in [1.29, 1.82) is 0 Å². The molecular weight excluding hydrogens is 655 g/mol. The van der Waals surface area contributed by atoms with Gasteiger partial charge < -0.3 is 13.6 Å². The highest BCUT2D eigenvalue weighted by molar-refractivity contribution is 7.43. The average molecular weight is 731 g/mol. The third-order valence-corrected chi connectivity index (χ3v) is 11.5. The highest BCUT2D eigenvalue weighted by Crippen LogP contribution is 2.45. The molecule has 3 rings (SSSR count). The summed E-state index contributed by atoms with van der Waals surface area (Å²) in [5.41, 5.74) is 7.85. The summed E-state index contributed by atoms with van der Waals surface area (Å²) >= 11 is 0. The van der Waals surface area contributed by atoms with Crippen LogP contribution in [0.1, 0.15) is 190 Å². The Morgan fingerprint density at radius 2 is 0.615 bits per heavy atom. The van der Waals surface area contributed by atoms with Gasteiger partial charge in [-0.15, -0.1) is 0 Å². The largest absolute Gasteiger partial charge is 0.530 e. The quantitative estimate of drug-likeness (QED) is 0.0505. The van der Waals surface area contributed by atoms with E-state index in [4.69, 9.17) is 13.6 Å². The first-order valence-corrected chi connectivity index (χ1v) is 22.8. The molecule has 0 saturated heterocycles. The second-order valence-corrected chi connectivity index (χ2v) is 15.9. The first kappa shape index (κ1) is 43.9. The van der Waals surface area contributed by atoms with E-state index in [1.165, 1.54) is 149 Å². The molecule has 0 unspecified atom stereocenters. The van der Waals surface area contributed by atoms with E-state index in [-0.39, 0.29) is 0 Å². The van der Waals surface area contributed by atoms with Crippen LogP contribution in [-0.2, 0) is 38.5 Å². The number of benzene rings is 3. The maximum atomic E-state index is 6.77. The summed E-state index contributed by atoms with van der Waals surface area (Å²) in [6.07, 6.45) is 29.8. The monoisotopic (exact) mass is 731 g/mol. The molecule has 0 spiro atoms. The molecule has 3 aromatic rings. The lowest BCUT2D eigenvalue weighted by Gasteiger charge is -2.22. The Morgan fingerprint density at radius 3 is 0.885 bits per heavy atom. The molecule has 0 amide bonds. The molecule has 0 aliphatic heterocycles. The van der Waals surface area contributed by atoms with Crippen LogP contribution in [-0.4, -0.2) is 0 Å². The summed E-state index contributed by atoms with van der Waals surface area (Å²) in [7, 11) is -1.74. The first-order valence-electron chi connectivity index (χ1n) is 21.7. The Morgan fingerprint density at radius 1 is 0.346 bits per heavy atom. The van der Waals surface area contributed by atoms with Crippen LogP contribution < -0.4 is 13.6 Å². The minimum Gasteiger partial charge on any atom is -0.408 e. The third-order valence-electron chi connectivity index (χ3n) is 10.5. The van der Waals surface area contributed by atoms with Crippen LogP contribution in [0.3, 0.4) is 0 Å². The number of hydrogen-bond acceptors (Lipinski definition) is 3. The second kappa shape index (κ2) is 27.1. The van der Waals surface area contributed by atoms with Crippen molar-refractivity contribution in [2.24, 2.45) is 0 Å². The van der Waals surface area contributed by atoms with Gasteiger partial charge in [0.1, 0.15) is 17.2 Å². The Kier molecular flexibility index (Phi) is 22.9. The molecule has 0 heterocycles. The molecule has 0 fully saturated rings. The highest BCUT2D eigenvalue weighted by Gasteiger charge is 2.24. The van der Waals surface area contributed by atoms with E-state index >= 15 is 0 Å². The number of unbranched alkanes of at least 4 members (excludes halogenated alkanes) is 15. The van der Waals surface area contributed by atoms with E-state index in [1.807, 2.05) is 0 Å². The molecule has 0 bridgehead atoms. The van der Waals surface area contributed by atoms with Crippen molar-refractivity contribution in [3.8, 4) is 17.2 Å². The number of aryl methyl sites for hydroxylation is 6. The van der Waals surface area contributed by atoms with Crippen LogP contribution in [0.4, 0.5) is 0 Å². The van der Waals surface area contributed by atoms with Crippen molar-refractivity contribution >= 4 is 8.60 Å². The average Bonchev–Trinajstić information content (AvgIpc) is 3.17. The molecule has 0 radical (unpaired) electrons. The van der Waals surface area contributed by atoms with E-state index in [9.17, 15) is 0 Å². The lowest BCUT2D eigenvalue weighted by molar-refractivity contribution is 0.383. The maximum Gasteiger partial charge on any atom is 0.530 e. The van der Waals surface area contributed by atoms with Gasteiger partial charge in [0.15, 0.2) is 0 Å². The fourth-order valence-electron chi connectivity index (χ4n) is 7.09. The molecule has 0 aromatic heterocycles. The zero-order valence-electron chi connectivity index (χ0n) is 34.3. The van der Waals surface area contributed by atoms with E-state index in [0.717, 1.165) is 55.8 Å². The Balaban J connectivity index is 1.78. The van der Waals surface area contributed by atoms with Gasteiger partial charge in [-0.05, 0) is 109 Å². The Bertz CT molecular complexity index is 1200. The molecule has 0 N–H and O–H groups in total. The third kappa shape index (κ3) is 16.7. The van der Waals surface area contributed by atoms with Crippen LogP contribution in [0.25, 0.3) is 0 Å². The summed E-state index contributed by atoms with van der Waals surface area (Å²) in [5, 5.41) is 0. The zero-order chi connectivity index (χ0) is 37.2. The molecule has 0 saturated carbocycles. The number of rotatable bonds is 30. The first-order chi connectivity index (χ1) is 25.5. The maximum absolute atomic E-state index is 6.77. The molecule has 4 heteroatoms. The minimum absolute atomic E-state index is 0.871. The van der Waals surface area contributed by atoms with E-state index in [1.54, 1.807) is 0 Å². The lowest BCUT2D eigenvalue weighted by atomic mass is 10.0. The number of hydrogen-bond donors (Lipinski definition) is 0. The summed E-state index contributed by atoms with van der Waals surface area (Å²) < 4.78 is 20.3. The Hall–Kier alpha value is -2.51. The predicted molar refractivity (Wildman–Crippen MR) is 228 cm³/mol. The van der Waals surface area contributed by atoms with E-state index in [2.05, 4.69) is 96.1 Å². The molecule has 0 aliphatic rings. The zero-order valence-corrected chi connectivity index (χ0v) is 35.2. The van der Waals surface area contributed by atoms with Crippen molar-refractivity contribution in [1.82, 2.24) is 0 Å². The van der Waals surface area contributed by atoms with Gasteiger partial charge >= 0.3 is 8.60 Å². The van der Waals surface area contributed by atoms with Gasteiger partial charge in [0, 0.05) is 0 Å². The standard InChI is InChI=1S/C48H75O3P/c1-7-13-16-19-22-25-28-40-31-34-46(43(10-4)37-40)49-52(50-47-35-32-41(38-44(47)11-5)29-26-23-20-17-14-8-2)51-48-36-33-42(39-45(48)12-6)30-27-24-21-18-15-9-3/h31-39H,7-30H2,1-6H3. The topological polar surface area (TPSA) is 27.7 Å². The fourth-order valence-corrected chi connectivity index (χ4v) is 8.21. The SMILES string of the molecule is CCCCCCCCc1ccc(OP(Oc2ccc(CCCCCCCC)cc2CC)Oc2ccc(CCCCCCCC)cc2CC)c(CC)c1. The molecule has 0 aliphatic carbocycles. The van der Waals surface area contributed by atoms with Crippen LogP contribution in [0.15, 0.2) is 54.6 Å². The van der Waals surface area contributed by atoms with Crippen LogP contribution in [0, 0.1) is 0 Å². The van der Waals surface area contributed by atoms with Crippen molar-refractivity contribution in [3.63, 3.8) is 0 Å². The van der Waals surface area contributed by atoms with Gasteiger partial charge in [-0.3, -0.25) is 0 Å². The van der Waals surface area contributed by atoms with Gasteiger partial charge in [0.05, 0.1) is 0 Å².